The fourth-order valence-corrected chi connectivity index (χ4v) is 2.12. The number of aromatic nitrogens is 2. The largest absolute Gasteiger partial charge is 0.426 e. The van der Waals surface area contributed by atoms with Crippen LogP contribution in [0.1, 0.15) is 12.5 Å². The molecule has 0 saturated heterocycles. The molecule has 0 aliphatic carbocycles. The molecular weight excluding hydrogens is 254 g/mol. The Balaban J connectivity index is 2.21. The normalized spacial score (nSPS) is 11.9. The van der Waals surface area contributed by atoms with Gasteiger partial charge in [-0.2, -0.15) is 4.73 Å². The van der Waals surface area contributed by atoms with Gasteiger partial charge in [-0.1, -0.05) is 41.6 Å². The van der Waals surface area contributed by atoms with E-state index in [4.69, 9.17) is 5.21 Å². The van der Waals surface area contributed by atoms with Crippen LogP contribution in [0.15, 0.2) is 53.7 Å². The van der Waals surface area contributed by atoms with E-state index in [2.05, 4.69) is 10.1 Å². The van der Waals surface area contributed by atoms with Crippen LogP contribution in [0.25, 0.3) is 22.4 Å². The third-order valence-corrected chi connectivity index (χ3v) is 3.23. The summed E-state index contributed by atoms with van der Waals surface area (Å²) in [4.78, 5) is 4.42. The van der Waals surface area contributed by atoms with E-state index in [0.29, 0.717) is 22.6 Å². The van der Waals surface area contributed by atoms with E-state index in [1.807, 2.05) is 30.3 Å². The fourth-order valence-electron chi connectivity index (χ4n) is 2.12. The number of fused-ring (bicyclic) bond motifs is 1. The van der Waals surface area contributed by atoms with Crippen LogP contribution < -0.4 is 0 Å². The summed E-state index contributed by atoms with van der Waals surface area (Å²) in [6.45, 7) is 1.69. The molecule has 0 aliphatic rings. The van der Waals surface area contributed by atoms with Gasteiger partial charge in [-0.05, 0) is 19.1 Å². The van der Waals surface area contributed by atoms with Crippen LogP contribution in [0, 0.1) is 0 Å². The van der Waals surface area contributed by atoms with Crippen molar-refractivity contribution in [1.82, 2.24) is 9.71 Å². The molecule has 3 rings (SSSR count). The lowest BCUT2D eigenvalue weighted by Gasteiger charge is -2.01. The maximum atomic E-state index is 10.3. The van der Waals surface area contributed by atoms with Gasteiger partial charge in [0.25, 0.3) is 0 Å². The standard InChI is InChI=1S/C15H13N3O2/c1-10(17-19)12-7-8-13-14(9-12)18(20)15(16-13)11-5-3-2-4-6-11/h2-9,19-20H,1H3/b17-10-. The number of hydrogen-bond acceptors (Lipinski definition) is 4. The van der Waals surface area contributed by atoms with Crippen LogP contribution in [-0.4, -0.2) is 25.8 Å². The monoisotopic (exact) mass is 267 g/mol. The minimum Gasteiger partial charge on any atom is -0.426 e. The maximum absolute atomic E-state index is 10.3. The number of rotatable bonds is 2. The average molecular weight is 267 g/mol. The molecule has 0 spiro atoms. The van der Waals surface area contributed by atoms with E-state index < -0.39 is 0 Å². The van der Waals surface area contributed by atoms with Gasteiger partial charge in [0.1, 0.15) is 5.52 Å². The lowest BCUT2D eigenvalue weighted by molar-refractivity contribution is 0.203. The molecule has 5 heteroatoms. The highest BCUT2D eigenvalue weighted by atomic mass is 16.5. The van der Waals surface area contributed by atoms with Gasteiger partial charge in [-0.15, -0.1) is 0 Å². The molecule has 1 heterocycles. The van der Waals surface area contributed by atoms with Crippen molar-refractivity contribution in [2.24, 2.45) is 5.16 Å². The lowest BCUT2D eigenvalue weighted by atomic mass is 10.1. The van der Waals surface area contributed by atoms with E-state index >= 15 is 0 Å². The van der Waals surface area contributed by atoms with Crippen LogP contribution in [0.5, 0.6) is 0 Å². The van der Waals surface area contributed by atoms with Gasteiger partial charge in [-0.25, -0.2) is 4.98 Å². The van der Waals surface area contributed by atoms with Gasteiger partial charge in [0, 0.05) is 11.1 Å². The molecule has 0 saturated carbocycles. The number of nitrogens with zero attached hydrogens (tertiary/aromatic N) is 3. The number of hydrogen-bond donors (Lipinski definition) is 2. The molecule has 2 N–H and O–H groups in total. The summed E-state index contributed by atoms with van der Waals surface area (Å²) in [6.07, 6.45) is 0. The Bertz CT molecular complexity index is 791. The SMILES string of the molecule is C/C(=N/O)c1ccc2nc(-c3ccccc3)n(O)c2c1. The Labute approximate surface area is 115 Å². The van der Waals surface area contributed by atoms with E-state index in [0.717, 1.165) is 15.9 Å². The summed E-state index contributed by atoms with van der Waals surface area (Å²) in [5.74, 6) is 0.483. The van der Waals surface area contributed by atoms with Gasteiger partial charge >= 0.3 is 0 Å². The summed E-state index contributed by atoms with van der Waals surface area (Å²) in [5, 5.41) is 22.3. The molecule has 5 nitrogen and oxygen atoms in total. The predicted molar refractivity (Wildman–Crippen MR) is 76.4 cm³/mol. The predicted octanol–water partition coefficient (Wildman–Crippen LogP) is 3.14. The van der Waals surface area contributed by atoms with E-state index in [9.17, 15) is 5.21 Å². The van der Waals surface area contributed by atoms with Gasteiger partial charge < -0.3 is 10.4 Å². The Morgan fingerprint density at radius 1 is 1.15 bits per heavy atom. The summed E-state index contributed by atoms with van der Waals surface area (Å²) < 4.78 is 1.05. The second kappa shape index (κ2) is 4.70. The number of oxime groups is 1. The van der Waals surface area contributed by atoms with Gasteiger partial charge in [0.2, 0.25) is 0 Å². The Morgan fingerprint density at radius 3 is 2.60 bits per heavy atom. The number of imidazole rings is 1. The third kappa shape index (κ3) is 1.89. The topological polar surface area (TPSA) is 70.6 Å². The Kier molecular flexibility index (Phi) is 2.87. The van der Waals surface area contributed by atoms with Crippen LogP contribution >= 0.6 is 0 Å². The molecule has 100 valence electrons. The van der Waals surface area contributed by atoms with Gasteiger partial charge in [0.15, 0.2) is 5.82 Å². The lowest BCUT2D eigenvalue weighted by Crippen LogP contribution is -1.97. The Morgan fingerprint density at radius 2 is 1.90 bits per heavy atom. The van der Waals surface area contributed by atoms with Gasteiger partial charge in [0.05, 0.1) is 11.2 Å². The zero-order valence-corrected chi connectivity index (χ0v) is 10.9. The first-order chi connectivity index (χ1) is 9.70. The van der Waals surface area contributed by atoms with E-state index in [1.54, 1.807) is 25.1 Å². The third-order valence-electron chi connectivity index (χ3n) is 3.23. The zero-order valence-electron chi connectivity index (χ0n) is 10.9. The van der Waals surface area contributed by atoms with Crippen molar-refractivity contribution in [2.45, 2.75) is 6.92 Å². The van der Waals surface area contributed by atoms with E-state index in [1.165, 1.54) is 0 Å². The molecule has 0 amide bonds. The molecule has 0 fully saturated rings. The summed E-state index contributed by atoms with van der Waals surface area (Å²) in [7, 11) is 0. The van der Waals surface area contributed by atoms with E-state index in [-0.39, 0.29) is 0 Å². The minimum atomic E-state index is 0.481. The van der Waals surface area contributed by atoms with Crippen LogP contribution in [0.4, 0.5) is 0 Å². The highest BCUT2D eigenvalue weighted by molar-refractivity contribution is 6.01. The summed E-state index contributed by atoms with van der Waals surface area (Å²) in [6, 6.07) is 14.8. The molecule has 3 aromatic rings. The van der Waals surface area contributed by atoms with Crippen molar-refractivity contribution in [3.63, 3.8) is 0 Å². The van der Waals surface area contributed by atoms with Crippen molar-refractivity contribution in [1.29, 1.82) is 0 Å². The van der Waals surface area contributed by atoms with Crippen LogP contribution in [0.3, 0.4) is 0 Å². The molecule has 0 aliphatic heterocycles. The highest BCUT2D eigenvalue weighted by Gasteiger charge is 2.12. The smallest absolute Gasteiger partial charge is 0.176 e. The molecule has 1 aromatic heterocycles. The first-order valence-corrected chi connectivity index (χ1v) is 6.17. The summed E-state index contributed by atoms with van der Waals surface area (Å²) in [5.41, 5.74) is 3.30. The van der Waals surface area contributed by atoms with Crippen molar-refractivity contribution in [2.75, 3.05) is 0 Å². The molecule has 20 heavy (non-hydrogen) atoms. The van der Waals surface area contributed by atoms with Crippen LogP contribution in [-0.2, 0) is 0 Å². The summed E-state index contributed by atoms with van der Waals surface area (Å²) >= 11 is 0. The van der Waals surface area contributed by atoms with Crippen LogP contribution in [0.2, 0.25) is 0 Å². The van der Waals surface area contributed by atoms with Crippen molar-refractivity contribution < 1.29 is 10.4 Å². The average Bonchev–Trinajstić information content (AvgIpc) is 2.84. The second-order valence-corrected chi connectivity index (χ2v) is 4.50. The first-order valence-electron chi connectivity index (χ1n) is 6.17. The molecule has 0 atom stereocenters. The zero-order chi connectivity index (χ0) is 14.1. The molecule has 0 unspecified atom stereocenters. The van der Waals surface area contributed by atoms with Crippen molar-refractivity contribution in [3.8, 4) is 11.4 Å². The quantitative estimate of drug-likeness (QED) is 0.324. The highest BCUT2D eigenvalue weighted by Crippen LogP contribution is 2.24. The van der Waals surface area contributed by atoms with Gasteiger partial charge in [-0.3, -0.25) is 0 Å². The molecule has 0 radical (unpaired) electrons. The number of benzene rings is 2. The van der Waals surface area contributed by atoms with Crippen molar-refractivity contribution >= 4 is 16.7 Å². The second-order valence-electron chi connectivity index (χ2n) is 4.50. The molecular formula is C15H13N3O2. The first kappa shape index (κ1) is 12.2. The fraction of sp³-hybridized carbons (Fsp3) is 0.0667. The van der Waals surface area contributed by atoms with Crippen molar-refractivity contribution in [3.05, 3.63) is 54.1 Å². The molecule has 0 bridgehead atoms. The maximum Gasteiger partial charge on any atom is 0.176 e. The molecule has 2 aromatic carbocycles. The Hall–Kier alpha value is -2.82. The minimum absolute atomic E-state index is 0.481.